The van der Waals surface area contributed by atoms with Crippen molar-refractivity contribution in [2.24, 2.45) is 5.73 Å². The standard InChI is InChI=1S/C28H34N8O2S/c1-5-34(6-2)17(3)14-19-18(25(29)37)15-22(33-26(19)35-11-10-23(35)28(38)30-4)20-16-31-36-12-9-21(32-27(20)36)24-8-7-13-39-24/h7-9,12-13,15-17,23H,5-6,10-11,14H2,1-4H3,(H2,29,37)(H,30,38)/t17-,23-/m0/s1. The summed E-state index contributed by atoms with van der Waals surface area (Å²) < 4.78 is 1.70. The number of rotatable bonds is 10. The molecule has 3 N–H and O–H groups in total. The van der Waals surface area contributed by atoms with Crippen LogP contribution in [0.5, 0.6) is 0 Å². The highest BCUT2D eigenvalue weighted by molar-refractivity contribution is 7.13. The molecule has 4 aromatic rings. The number of hydrogen-bond donors (Lipinski definition) is 2. The van der Waals surface area contributed by atoms with Crippen molar-refractivity contribution in [1.29, 1.82) is 0 Å². The van der Waals surface area contributed by atoms with Gasteiger partial charge in [-0.05, 0) is 56.4 Å². The average molecular weight is 547 g/mol. The molecule has 0 saturated carbocycles. The Kier molecular flexibility index (Phi) is 7.62. The second-order valence-electron chi connectivity index (χ2n) is 9.72. The molecule has 10 nitrogen and oxygen atoms in total. The van der Waals surface area contributed by atoms with Crippen LogP contribution in [0.2, 0.25) is 0 Å². The van der Waals surface area contributed by atoms with E-state index in [1.165, 1.54) is 0 Å². The molecule has 4 aromatic heterocycles. The zero-order chi connectivity index (χ0) is 27.7. The highest BCUT2D eigenvalue weighted by Crippen LogP contribution is 2.36. The van der Waals surface area contributed by atoms with Gasteiger partial charge >= 0.3 is 0 Å². The van der Waals surface area contributed by atoms with Crippen molar-refractivity contribution in [3.8, 4) is 21.8 Å². The number of anilines is 1. The first-order valence-electron chi connectivity index (χ1n) is 13.3. The summed E-state index contributed by atoms with van der Waals surface area (Å²) in [5.74, 6) is 0.0198. The zero-order valence-electron chi connectivity index (χ0n) is 22.7. The van der Waals surface area contributed by atoms with Crippen molar-refractivity contribution in [3.05, 3.63) is 53.2 Å². The summed E-state index contributed by atoms with van der Waals surface area (Å²) in [7, 11) is 1.64. The molecule has 39 heavy (non-hydrogen) atoms. The number of hydrogen-bond acceptors (Lipinski definition) is 8. The molecule has 204 valence electrons. The number of carbonyl (C=O) groups is 2. The maximum Gasteiger partial charge on any atom is 0.249 e. The van der Waals surface area contributed by atoms with Crippen LogP contribution in [0, 0.1) is 0 Å². The van der Waals surface area contributed by atoms with Crippen LogP contribution in [0.25, 0.3) is 27.5 Å². The number of carbonyl (C=O) groups excluding carboxylic acids is 2. The van der Waals surface area contributed by atoms with E-state index in [-0.39, 0.29) is 18.0 Å². The average Bonchev–Trinajstić information content (AvgIpc) is 3.59. The first-order chi connectivity index (χ1) is 18.9. The molecule has 0 unspecified atom stereocenters. The van der Waals surface area contributed by atoms with Gasteiger partial charge in [0.1, 0.15) is 11.9 Å². The second-order valence-corrected chi connectivity index (χ2v) is 10.7. The summed E-state index contributed by atoms with van der Waals surface area (Å²) in [6, 6.07) is 7.49. The van der Waals surface area contributed by atoms with Crippen molar-refractivity contribution in [2.75, 3.05) is 31.6 Å². The van der Waals surface area contributed by atoms with Crippen molar-refractivity contribution in [2.45, 2.75) is 45.7 Å². The van der Waals surface area contributed by atoms with Gasteiger partial charge in [-0.3, -0.25) is 9.59 Å². The maximum absolute atomic E-state index is 12.9. The summed E-state index contributed by atoms with van der Waals surface area (Å²) in [6.07, 6.45) is 4.87. The monoisotopic (exact) mass is 546 g/mol. The molecule has 0 aliphatic carbocycles. The minimum absolute atomic E-state index is 0.0740. The number of amides is 2. The van der Waals surface area contributed by atoms with Gasteiger partial charge in [-0.1, -0.05) is 19.9 Å². The van der Waals surface area contributed by atoms with Gasteiger partial charge in [-0.25, -0.2) is 14.5 Å². The molecule has 1 aliphatic heterocycles. The van der Waals surface area contributed by atoms with Crippen molar-refractivity contribution in [1.82, 2.24) is 29.8 Å². The smallest absolute Gasteiger partial charge is 0.249 e. The van der Waals surface area contributed by atoms with E-state index in [1.54, 1.807) is 35.2 Å². The zero-order valence-corrected chi connectivity index (χ0v) is 23.5. The fraction of sp³-hybridized carbons (Fsp3) is 0.393. The molecular formula is C28H34N8O2S. The first-order valence-corrected chi connectivity index (χ1v) is 14.2. The lowest BCUT2D eigenvalue weighted by atomic mass is 9.94. The SMILES string of the molecule is CCN(CC)[C@@H](C)Cc1c(C(N)=O)cc(-c2cnn3ccc(-c4cccs4)nc23)nc1N1CC[C@H]1C(=O)NC. The number of primary amides is 1. The summed E-state index contributed by atoms with van der Waals surface area (Å²) in [5.41, 5.74) is 9.87. The molecule has 5 rings (SSSR count). The van der Waals surface area contributed by atoms with Crippen LogP contribution < -0.4 is 16.0 Å². The van der Waals surface area contributed by atoms with Crippen LogP contribution in [-0.2, 0) is 11.2 Å². The second kappa shape index (κ2) is 11.1. The lowest BCUT2D eigenvalue weighted by Crippen LogP contribution is -2.56. The number of pyridine rings is 1. The topological polar surface area (TPSA) is 122 Å². The van der Waals surface area contributed by atoms with Crippen LogP contribution in [0.4, 0.5) is 5.82 Å². The van der Waals surface area contributed by atoms with Crippen LogP contribution in [0.1, 0.15) is 43.1 Å². The number of aromatic nitrogens is 4. The maximum atomic E-state index is 12.9. The molecule has 1 saturated heterocycles. The Bertz CT molecular complexity index is 1500. The van der Waals surface area contributed by atoms with Gasteiger partial charge in [0, 0.05) is 37.0 Å². The van der Waals surface area contributed by atoms with Crippen LogP contribution in [0.3, 0.4) is 0 Å². The normalized spacial score (nSPS) is 15.9. The van der Waals surface area contributed by atoms with Crippen molar-refractivity contribution < 1.29 is 9.59 Å². The van der Waals surface area contributed by atoms with E-state index in [0.717, 1.165) is 29.2 Å². The number of likely N-dealkylation sites (N-methyl/N-ethyl adjacent to an activating group) is 2. The lowest BCUT2D eigenvalue weighted by molar-refractivity contribution is -0.123. The third kappa shape index (κ3) is 4.99. The predicted molar refractivity (Wildman–Crippen MR) is 154 cm³/mol. The summed E-state index contributed by atoms with van der Waals surface area (Å²) in [5, 5.41) is 9.26. The van der Waals surface area contributed by atoms with Crippen LogP contribution in [-0.4, -0.2) is 75.1 Å². The molecule has 5 heterocycles. The molecule has 2 atom stereocenters. The van der Waals surface area contributed by atoms with Gasteiger partial charge < -0.3 is 20.9 Å². The van der Waals surface area contributed by atoms with Gasteiger partial charge in [0.25, 0.3) is 0 Å². The van der Waals surface area contributed by atoms with Gasteiger partial charge in [0.2, 0.25) is 11.8 Å². The van der Waals surface area contributed by atoms with Gasteiger partial charge in [-0.2, -0.15) is 5.10 Å². The summed E-state index contributed by atoms with van der Waals surface area (Å²) in [6.45, 7) is 8.82. The third-order valence-corrected chi connectivity index (χ3v) is 8.45. The van der Waals surface area contributed by atoms with Crippen LogP contribution in [0.15, 0.2) is 42.0 Å². The van der Waals surface area contributed by atoms with Crippen molar-refractivity contribution in [3.63, 3.8) is 0 Å². The molecule has 0 aromatic carbocycles. The molecule has 0 radical (unpaired) electrons. The van der Waals surface area contributed by atoms with Crippen molar-refractivity contribution >= 4 is 34.6 Å². The van der Waals surface area contributed by atoms with Gasteiger partial charge in [-0.15, -0.1) is 11.3 Å². The van der Waals surface area contributed by atoms with E-state index >= 15 is 0 Å². The molecular weight excluding hydrogens is 512 g/mol. The van der Waals surface area contributed by atoms with Gasteiger partial charge in [0.15, 0.2) is 5.65 Å². The number of nitrogens with one attached hydrogen (secondary N) is 1. The lowest BCUT2D eigenvalue weighted by Gasteiger charge is -2.42. The fourth-order valence-electron chi connectivity index (χ4n) is 5.32. The Morgan fingerprint density at radius 1 is 1.23 bits per heavy atom. The van der Waals surface area contributed by atoms with E-state index in [2.05, 4.69) is 36.1 Å². The Balaban J connectivity index is 1.67. The van der Waals surface area contributed by atoms with E-state index in [4.69, 9.17) is 15.7 Å². The minimum atomic E-state index is -0.526. The number of nitrogens with two attached hydrogens (primary N) is 1. The molecule has 0 bridgehead atoms. The summed E-state index contributed by atoms with van der Waals surface area (Å²) in [4.78, 5) is 40.9. The van der Waals surface area contributed by atoms with Crippen LogP contribution >= 0.6 is 11.3 Å². The largest absolute Gasteiger partial charge is 0.366 e. The number of nitrogens with zero attached hydrogens (tertiary/aromatic N) is 6. The third-order valence-electron chi connectivity index (χ3n) is 7.56. The Hall–Kier alpha value is -3.83. The molecule has 2 amide bonds. The van der Waals surface area contributed by atoms with E-state index in [1.807, 2.05) is 34.7 Å². The Labute approximate surface area is 231 Å². The van der Waals surface area contributed by atoms with E-state index < -0.39 is 5.91 Å². The molecule has 11 heteroatoms. The molecule has 1 fully saturated rings. The fourth-order valence-corrected chi connectivity index (χ4v) is 6.01. The van der Waals surface area contributed by atoms with E-state index in [0.29, 0.717) is 47.7 Å². The Morgan fingerprint density at radius 3 is 2.64 bits per heavy atom. The highest BCUT2D eigenvalue weighted by Gasteiger charge is 2.37. The number of fused-ring (bicyclic) bond motifs is 1. The predicted octanol–water partition coefficient (Wildman–Crippen LogP) is 3.22. The minimum Gasteiger partial charge on any atom is -0.366 e. The molecule has 0 spiro atoms. The summed E-state index contributed by atoms with van der Waals surface area (Å²) >= 11 is 1.61. The Morgan fingerprint density at radius 2 is 2.03 bits per heavy atom. The first kappa shape index (κ1) is 26.8. The highest BCUT2D eigenvalue weighted by atomic mass is 32.1. The number of thiophene rings is 1. The molecule has 1 aliphatic rings. The quantitative estimate of drug-likeness (QED) is 0.313. The van der Waals surface area contributed by atoms with Gasteiger partial charge in [0.05, 0.1) is 28.0 Å². The van der Waals surface area contributed by atoms with E-state index in [9.17, 15) is 9.59 Å².